The Morgan fingerprint density at radius 3 is 2.89 bits per heavy atom. The van der Waals surface area contributed by atoms with E-state index in [2.05, 4.69) is 10.6 Å². The molecule has 18 heavy (non-hydrogen) atoms. The number of nitrogens with one attached hydrogen (secondary N) is 2. The van der Waals surface area contributed by atoms with Gasteiger partial charge in [-0.25, -0.2) is 0 Å². The van der Waals surface area contributed by atoms with E-state index in [1.54, 1.807) is 6.26 Å². The Labute approximate surface area is 107 Å². The summed E-state index contributed by atoms with van der Waals surface area (Å²) in [5.74, 6) is 1.02. The predicted molar refractivity (Wildman–Crippen MR) is 70.2 cm³/mol. The molecule has 4 heteroatoms. The average molecular weight is 248 g/mol. The molecule has 0 saturated carbocycles. The summed E-state index contributed by atoms with van der Waals surface area (Å²) in [6.07, 6.45) is 3.42. The number of carbonyl (C=O) groups is 1. The van der Waals surface area contributed by atoms with Gasteiger partial charge < -0.3 is 15.1 Å². The van der Waals surface area contributed by atoms with Crippen LogP contribution < -0.4 is 10.6 Å². The third kappa shape index (κ3) is 3.23. The maximum atomic E-state index is 11.9. The van der Waals surface area contributed by atoms with Crippen molar-refractivity contribution in [2.24, 2.45) is 0 Å². The van der Waals surface area contributed by atoms with Gasteiger partial charge in [0.05, 0.1) is 6.26 Å². The molecule has 2 heterocycles. The Hall–Kier alpha value is -1.55. The number of hydrogen-bond donors (Lipinski definition) is 2. The van der Waals surface area contributed by atoms with Crippen LogP contribution in [0.25, 0.3) is 0 Å². The molecular formula is C14H20N2O2. The van der Waals surface area contributed by atoms with Gasteiger partial charge in [0.15, 0.2) is 0 Å². The summed E-state index contributed by atoms with van der Waals surface area (Å²) in [5, 5.41) is 6.17. The molecule has 1 aliphatic rings. The summed E-state index contributed by atoms with van der Waals surface area (Å²) >= 11 is 0. The molecule has 1 aromatic heterocycles. The van der Waals surface area contributed by atoms with Gasteiger partial charge in [0.25, 0.3) is 0 Å². The number of furan rings is 1. The molecule has 1 amide bonds. The van der Waals surface area contributed by atoms with Gasteiger partial charge >= 0.3 is 0 Å². The van der Waals surface area contributed by atoms with Gasteiger partial charge in [0, 0.05) is 31.1 Å². The number of carbonyl (C=O) groups excluding carboxylic acids is 1. The first-order valence-corrected chi connectivity index (χ1v) is 6.39. The van der Waals surface area contributed by atoms with E-state index in [4.69, 9.17) is 4.42 Å². The van der Waals surface area contributed by atoms with Crippen LogP contribution in [0.3, 0.4) is 0 Å². The normalized spacial score (nSPS) is 16.0. The summed E-state index contributed by atoms with van der Waals surface area (Å²) in [5.41, 5.74) is 2.07. The maximum absolute atomic E-state index is 11.9. The van der Waals surface area contributed by atoms with E-state index in [1.165, 1.54) is 5.57 Å². The highest BCUT2D eigenvalue weighted by Gasteiger charge is 2.17. The molecule has 4 nitrogen and oxygen atoms in total. The van der Waals surface area contributed by atoms with Crippen molar-refractivity contribution in [3.05, 3.63) is 35.3 Å². The fourth-order valence-corrected chi connectivity index (χ4v) is 1.89. The fraction of sp³-hybridized carbons (Fsp3) is 0.500. The van der Waals surface area contributed by atoms with Crippen molar-refractivity contribution in [3.8, 4) is 0 Å². The Morgan fingerprint density at radius 2 is 2.33 bits per heavy atom. The van der Waals surface area contributed by atoms with Crippen LogP contribution in [0.2, 0.25) is 0 Å². The zero-order valence-corrected chi connectivity index (χ0v) is 11.0. The molecule has 1 saturated heterocycles. The molecule has 0 spiro atoms. The Balaban J connectivity index is 1.76. The second kappa shape index (κ2) is 5.87. The first kappa shape index (κ1) is 12.9. The Kier molecular flexibility index (Phi) is 4.20. The molecular weight excluding hydrogens is 228 g/mol. The molecule has 0 aromatic carbocycles. The minimum atomic E-state index is 0.0541. The summed E-state index contributed by atoms with van der Waals surface area (Å²) in [4.78, 5) is 11.9. The monoisotopic (exact) mass is 248 g/mol. The first-order chi connectivity index (χ1) is 8.66. The fourth-order valence-electron chi connectivity index (χ4n) is 1.89. The number of amides is 1. The minimum absolute atomic E-state index is 0.0541. The summed E-state index contributed by atoms with van der Waals surface area (Å²) in [6, 6.07) is 4.00. The third-order valence-corrected chi connectivity index (χ3v) is 3.33. The van der Waals surface area contributed by atoms with E-state index in [9.17, 15) is 4.79 Å². The van der Waals surface area contributed by atoms with Crippen LogP contribution in [0.4, 0.5) is 0 Å². The van der Waals surface area contributed by atoms with Crippen LogP contribution in [-0.2, 0) is 11.2 Å². The van der Waals surface area contributed by atoms with Crippen molar-refractivity contribution < 1.29 is 9.21 Å². The van der Waals surface area contributed by atoms with Crippen LogP contribution in [0.5, 0.6) is 0 Å². The standard InChI is InChI=1S/C14H20N2O2/c1-10(5-6-13-4-3-7-18-13)16-14(17)11(2)12-8-15-9-12/h3-4,7,10,15H,5-6,8-9H2,1-2H3,(H,16,17). The van der Waals surface area contributed by atoms with Gasteiger partial charge in [-0.2, -0.15) is 0 Å². The predicted octanol–water partition coefficient (Wildman–Crippen LogP) is 1.64. The van der Waals surface area contributed by atoms with Crippen molar-refractivity contribution in [2.45, 2.75) is 32.7 Å². The Bertz CT molecular complexity index is 429. The molecule has 98 valence electrons. The number of aryl methyl sites for hydroxylation is 1. The van der Waals surface area contributed by atoms with Crippen molar-refractivity contribution in [3.63, 3.8) is 0 Å². The van der Waals surface area contributed by atoms with Gasteiger partial charge in [-0.1, -0.05) is 0 Å². The van der Waals surface area contributed by atoms with E-state index in [0.717, 1.165) is 37.3 Å². The summed E-state index contributed by atoms with van der Waals surface area (Å²) in [6.45, 7) is 5.61. The lowest BCUT2D eigenvalue weighted by Crippen LogP contribution is -2.39. The van der Waals surface area contributed by atoms with Crippen molar-refractivity contribution in [1.82, 2.24) is 10.6 Å². The van der Waals surface area contributed by atoms with Gasteiger partial charge in [0.2, 0.25) is 5.91 Å². The SMILES string of the molecule is CC(C(=O)NC(C)CCc1ccco1)=C1CNC1. The highest BCUT2D eigenvalue weighted by Crippen LogP contribution is 2.10. The second-order valence-corrected chi connectivity index (χ2v) is 4.82. The second-order valence-electron chi connectivity index (χ2n) is 4.82. The molecule has 1 atom stereocenters. The summed E-state index contributed by atoms with van der Waals surface area (Å²) in [7, 11) is 0. The molecule has 0 aliphatic carbocycles. The van der Waals surface area contributed by atoms with Crippen molar-refractivity contribution in [2.75, 3.05) is 13.1 Å². The Morgan fingerprint density at radius 1 is 1.56 bits per heavy atom. The van der Waals surface area contributed by atoms with Crippen LogP contribution >= 0.6 is 0 Å². The number of hydrogen-bond acceptors (Lipinski definition) is 3. The molecule has 1 aromatic rings. The summed E-state index contributed by atoms with van der Waals surface area (Å²) < 4.78 is 5.27. The lowest BCUT2D eigenvalue weighted by molar-refractivity contribution is -0.118. The smallest absolute Gasteiger partial charge is 0.247 e. The molecule has 1 fully saturated rings. The van der Waals surface area contributed by atoms with Crippen LogP contribution in [0.15, 0.2) is 34.0 Å². The highest BCUT2D eigenvalue weighted by molar-refractivity contribution is 5.94. The molecule has 0 radical (unpaired) electrons. The molecule has 2 rings (SSSR count). The lowest BCUT2D eigenvalue weighted by atomic mass is 10.0. The van der Waals surface area contributed by atoms with Crippen LogP contribution in [-0.4, -0.2) is 25.0 Å². The minimum Gasteiger partial charge on any atom is -0.469 e. The zero-order chi connectivity index (χ0) is 13.0. The number of rotatable bonds is 5. The van der Waals surface area contributed by atoms with Crippen molar-refractivity contribution >= 4 is 5.91 Å². The molecule has 0 bridgehead atoms. The van der Waals surface area contributed by atoms with Gasteiger partial charge in [-0.15, -0.1) is 0 Å². The molecule has 2 N–H and O–H groups in total. The topological polar surface area (TPSA) is 54.3 Å². The highest BCUT2D eigenvalue weighted by atomic mass is 16.3. The lowest BCUT2D eigenvalue weighted by Gasteiger charge is -2.22. The molecule has 1 aliphatic heterocycles. The van der Waals surface area contributed by atoms with Gasteiger partial charge in [-0.05, 0) is 38.0 Å². The van der Waals surface area contributed by atoms with E-state index in [1.807, 2.05) is 26.0 Å². The zero-order valence-electron chi connectivity index (χ0n) is 11.0. The largest absolute Gasteiger partial charge is 0.469 e. The third-order valence-electron chi connectivity index (χ3n) is 3.33. The average Bonchev–Trinajstić information content (AvgIpc) is 2.76. The molecule has 1 unspecified atom stereocenters. The van der Waals surface area contributed by atoms with Crippen LogP contribution in [0.1, 0.15) is 26.0 Å². The van der Waals surface area contributed by atoms with Gasteiger partial charge in [0.1, 0.15) is 5.76 Å². The first-order valence-electron chi connectivity index (χ1n) is 6.39. The quantitative estimate of drug-likeness (QED) is 0.779. The van der Waals surface area contributed by atoms with E-state index in [0.29, 0.717) is 0 Å². The van der Waals surface area contributed by atoms with Crippen molar-refractivity contribution in [1.29, 1.82) is 0 Å². The van der Waals surface area contributed by atoms with Gasteiger partial charge in [-0.3, -0.25) is 4.79 Å². The maximum Gasteiger partial charge on any atom is 0.247 e. The van der Waals surface area contributed by atoms with E-state index >= 15 is 0 Å². The van der Waals surface area contributed by atoms with Crippen LogP contribution in [0, 0.1) is 0 Å². The van der Waals surface area contributed by atoms with E-state index < -0.39 is 0 Å². The van der Waals surface area contributed by atoms with E-state index in [-0.39, 0.29) is 11.9 Å².